The number of nitrogens with one attached hydrogen (secondary N) is 2. The number of nitrogens with zero attached hydrogens (tertiary/aromatic N) is 2. The summed E-state index contributed by atoms with van der Waals surface area (Å²) in [5.41, 5.74) is -1.18. The zero-order chi connectivity index (χ0) is 20.0. The molecule has 0 aromatic carbocycles. The molecule has 4 heterocycles. The Morgan fingerprint density at radius 1 is 1.32 bits per heavy atom. The zero-order valence-corrected chi connectivity index (χ0v) is 15.9. The fourth-order valence-electron chi connectivity index (χ4n) is 3.09. The lowest BCUT2D eigenvalue weighted by molar-refractivity contribution is 0.103. The van der Waals surface area contributed by atoms with Crippen molar-refractivity contribution in [3.63, 3.8) is 0 Å². The quantitative estimate of drug-likeness (QED) is 0.542. The summed E-state index contributed by atoms with van der Waals surface area (Å²) in [7, 11) is 1.38. The second-order valence-electron chi connectivity index (χ2n) is 6.27. The molecule has 1 amide bonds. The molecular weight excluding hydrogens is 384 g/mol. The van der Waals surface area contributed by atoms with Crippen molar-refractivity contribution in [2.24, 2.45) is 7.05 Å². The Morgan fingerprint density at radius 3 is 2.79 bits per heavy atom. The molecule has 0 saturated carbocycles. The summed E-state index contributed by atoms with van der Waals surface area (Å²) >= 11 is 1.24. The molecular formula is C18H16N4O5S. The highest BCUT2D eigenvalue weighted by Gasteiger charge is 2.20. The summed E-state index contributed by atoms with van der Waals surface area (Å²) in [6.45, 7) is 2.30. The van der Waals surface area contributed by atoms with Crippen molar-refractivity contribution in [3.05, 3.63) is 59.7 Å². The van der Waals surface area contributed by atoms with Crippen molar-refractivity contribution in [2.45, 2.75) is 19.9 Å². The van der Waals surface area contributed by atoms with E-state index in [2.05, 4.69) is 10.3 Å². The third-order valence-electron chi connectivity index (χ3n) is 4.41. The molecule has 0 radical (unpaired) electrons. The van der Waals surface area contributed by atoms with Gasteiger partial charge in [-0.05, 0) is 23.9 Å². The van der Waals surface area contributed by atoms with Crippen molar-refractivity contribution >= 4 is 45.1 Å². The molecule has 4 aromatic rings. The van der Waals surface area contributed by atoms with Crippen LogP contribution in [0.2, 0.25) is 0 Å². The van der Waals surface area contributed by atoms with E-state index < -0.39 is 22.8 Å². The van der Waals surface area contributed by atoms with Gasteiger partial charge in [0.15, 0.2) is 5.58 Å². The minimum absolute atomic E-state index is 0.0552. The van der Waals surface area contributed by atoms with Gasteiger partial charge in [-0.25, -0.2) is 9.59 Å². The maximum Gasteiger partial charge on any atom is 0.360 e. The number of aromatic nitrogens is 3. The number of rotatable bonds is 4. The summed E-state index contributed by atoms with van der Waals surface area (Å²) in [6, 6.07) is 4.77. The molecule has 0 aliphatic heterocycles. The Kier molecular flexibility index (Phi) is 4.27. The van der Waals surface area contributed by atoms with Gasteiger partial charge in [-0.1, -0.05) is 13.0 Å². The first-order valence-electron chi connectivity index (χ1n) is 8.56. The monoisotopic (exact) mass is 400 g/mol. The first-order valence-corrected chi connectivity index (χ1v) is 9.44. The lowest BCUT2D eigenvalue weighted by Gasteiger charge is -2.07. The van der Waals surface area contributed by atoms with E-state index in [4.69, 9.17) is 4.42 Å². The minimum atomic E-state index is -0.784. The van der Waals surface area contributed by atoms with Crippen LogP contribution in [0.25, 0.3) is 22.1 Å². The van der Waals surface area contributed by atoms with Gasteiger partial charge in [0.25, 0.3) is 11.5 Å². The molecule has 2 N–H and O–H groups in total. The molecule has 9 nitrogen and oxygen atoms in total. The molecule has 0 saturated heterocycles. The summed E-state index contributed by atoms with van der Waals surface area (Å²) in [5.74, 6) is -0.434. The van der Waals surface area contributed by atoms with Crippen LogP contribution in [0.1, 0.15) is 23.0 Å². The van der Waals surface area contributed by atoms with Gasteiger partial charge in [0.2, 0.25) is 0 Å². The van der Waals surface area contributed by atoms with E-state index in [1.54, 1.807) is 17.5 Å². The van der Waals surface area contributed by atoms with E-state index in [9.17, 15) is 19.2 Å². The van der Waals surface area contributed by atoms with Gasteiger partial charge in [0, 0.05) is 13.6 Å². The lowest BCUT2D eigenvalue weighted by Crippen LogP contribution is -2.38. The number of thiophene rings is 1. The molecule has 0 spiro atoms. The molecule has 0 atom stereocenters. The van der Waals surface area contributed by atoms with Crippen molar-refractivity contribution in [2.75, 3.05) is 5.32 Å². The number of hydrogen-bond acceptors (Lipinski definition) is 6. The van der Waals surface area contributed by atoms with Crippen LogP contribution >= 0.6 is 11.3 Å². The first-order chi connectivity index (χ1) is 13.4. The van der Waals surface area contributed by atoms with Gasteiger partial charge < -0.3 is 14.7 Å². The number of aryl methyl sites for hydroxylation is 1. The number of aromatic amines is 1. The molecule has 0 bridgehead atoms. The molecule has 10 heteroatoms. The van der Waals surface area contributed by atoms with Crippen molar-refractivity contribution in [1.82, 2.24) is 14.1 Å². The molecule has 4 aromatic heterocycles. The molecule has 0 unspecified atom stereocenters. The number of carbonyl (C=O) groups excluding carboxylic acids is 1. The van der Waals surface area contributed by atoms with Crippen LogP contribution in [-0.4, -0.2) is 20.0 Å². The van der Waals surface area contributed by atoms with Gasteiger partial charge in [-0.2, -0.15) is 0 Å². The van der Waals surface area contributed by atoms with Crippen LogP contribution in [-0.2, 0) is 13.6 Å². The van der Waals surface area contributed by atoms with Gasteiger partial charge in [-0.15, -0.1) is 11.3 Å². The van der Waals surface area contributed by atoms with Crippen LogP contribution in [0.4, 0.5) is 5.69 Å². The average Bonchev–Trinajstić information content (AvgIpc) is 3.32. The lowest BCUT2D eigenvalue weighted by atomic mass is 10.3. The molecule has 0 aliphatic rings. The molecule has 0 fully saturated rings. The largest absolute Gasteiger partial charge is 0.419 e. The van der Waals surface area contributed by atoms with E-state index in [0.29, 0.717) is 23.4 Å². The number of carbonyl (C=O) groups is 1. The number of amides is 1. The Morgan fingerprint density at radius 2 is 2.11 bits per heavy atom. The molecule has 4 rings (SSSR count). The third-order valence-corrected chi connectivity index (χ3v) is 5.28. The molecule has 144 valence electrons. The predicted octanol–water partition coefficient (Wildman–Crippen LogP) is 1.86. The maximum atomic E-state index is 12.6. The van der Waals surface area contributed by atoms with Gasteiger partial charge in [-0.3, -0.25) is 18.7 Å². The smallest absolute Gasteiger partial charge is 0.360 e. The first kappa shape index (κ1) is 18.0. The minimum Gasteiger partial charge on any atom is -0.419 e. The second kappa shape index (κ2) is 6.64. The fourth-order valence-corrected chi connectivity index (χ4v) is 3.71. The summed E-state index contributed by atoms with van der Waals surface area (Å²) in [6.07, 6.45) is 0.675. The standard InChI is InChI=1S/C18H16N4O5S/c1-3-6-22-14-12(16(24)21(2)18(22)26)13-9(19-14)8-10(17(25)27-13)20-15(23)11-5-4-7-28-11/h4-5,7-8,19H,3,6H2,1-2H3,(H,20,23). The van der Waals surface area contributed by atoms with E-state index in [1.807, 2.05) is 6.92 Å². The molecule has 0 aliphatic carbocycles. The van der Waals surface area contributed by atoms with Crippen LogP contribution in [0.3, 0.4) is 0 Å². The van der Waals surface area contributed by atoms with Crippen molar-refractivity contribution < 1.29 is 9.21 Å². The normalized spacial score (nSPS) is 11.4. The van der Waals surface area contributed by atoms with E-state index >= 15 is 0 Å². The average molecular weight is 400 g/mol. The topological polar surface area (TPSA) is 119 Å². The zero-order valence-electron chi connectivity index (χ0n) is 15.1. The number of hydrogen-bond donors (Lipinski definition) is 2. The van der Waals surface area contributed by atoms with Crippen molar-refractivity contribution in [1.29, 1.82) is 0 Å². The van der Waals surface area contributed by atoms with E-state index in [1.165, 1.54) is 29.0 Å². The fraction of sp³-hybridized carbons (Fsp3) is 0.222. The Labute approximate surface area is 160 Å². The predicted molar refractivity (Wildman–Crippen MR) is 106 cm³/mol. The SMILES string of the molecule is CCCn1c(=O)n(C)c(=O)c2c3oc(=O)c(NC(=O)c4cccs4)cc3[nH]c21. The summed E-state index contributed by atoms with van der Waals surface area (Å²) in [4.78, 5) is 53.1. The van der Waals surface area contributed by atoms with Crippen molar-refractivity contribution in [3.8, 4) is 0 Å². The highest BCUT2D eigenvalue weighted by Crippen LogP contribution is 2.23. The van der Waals surface area contributed by atoms with Crippen LogP contribution in [0, 0.1) is 0 Å². The number of fused-ring (bicyclic) bond motifs is 3. The number of H-pyrrole nitrogens is 1. The molecule has 28 heavy (non-hydrogen) atoms. The van der Waals surface area contributed by atoms with Gasteiger partial charge in [0.05, 0.1) is 10.4 Å². The highest BCUT2D eigenvalue weighted by atomic mass is 32.1. The third kappa shape index (κ3) is 2.69. The van der Waals surface area contributed by atoms with Crippen LogP contribution in [0.5, 0.6) is 0 Å². The van der Waals surface area contributed by atoms with E-state index in [0.717, 1.165) is 4.57 Å². The number of anilines is 1. The Bertz CT molecular complexity index is 1390. The maximum absolute atomic E-state index is 12.6. The van der Waals surface area contributed by atoms with Crippen LogP contribution in [0.15, 0.2) is 42.4 Å². The van der Waals surface area contributed by atoms with Gasteiger partial charge in [0.1, 0.15) is 16.7 Å². The Balaban J connectivity index is 1.95. The summed E-state index contributed by atoms with van der Waals surface area (Å²) in [5, 5.41) is 4.39. The van der Waals surface area contributed by atoms with Crippen LogP contribution < -0.4 is 22.2 Å². The summed E-state index contributed by atoms with van der Waals surface area (Å²) < 4.78 is 7.76. The highest BCUT2D eigenvalue weighted by molar-refractivity contribution is 7.12. The van der Waals surface area contributed by atoms with Gasteiger partial charge >= 0.3 is 11.3 Å². The second-order valence-corrected chi connectivity index (χ2v) is 7.22. The van der Waals surface area contributed by atoms with E-state index in [-0.39, 0.29) is 22.3 Å². The Hall–Kier alpha value is -3.40.